The van der Waals surface area contributed by atoms with Crippen molar-refractivity contribution < 1.29 is 0 Å². The van der Waals surface area contributed by atoms with E-state index in [4.69, 9.17) is 0 Å². The first kappa shape index (κ1) is 96.6. The topological polar surface area (TPSA) is 179 Å². The van der Waals surface area contributed by atoms with Crippen LogP contribution in [0.3, 0.4) is 0 Å². The highest BCUT2D eigenvalue weighted by atomic mass is 15.6. The van der Waals surface area contributed by atoms with Crippen LogP contribution in [0.2, 0.25) is 0 Å². The van der Waals surface area contributed by atoms with Gasteiger partial charge in [-0.05, 0) is 158 Å². The molecule has 0 fully saturated rings. The SMILES string of the molecule is CC.CC.CC.CC.CC.CC.CC.CC.CC1=NN(c2ccccc2C)C(C)N1C.CC1=NN(c2cccnc2C)C(C)N1C.CC1=NN(c2ccncc2C)C(C)N1C.CC1=NN(c2cnccc2C)C(C)N1C.Cc1cncnc1N1C=CN(C)C1C.Cc1nccnc1N1C=CN(C)C1C. The van der Waals surface area contributed by atoms with Gasteiger partial charge in [-0.15, -0.1) is 0 Å². The van der Waals surface area contributed by atoms with Crippen LogP contribution in [0.1, 0.15) is 214 Å². The molecule has 6 atom stereocenters. The Kier molecular flexibility index (Phi) is 48.0. The number of amidine groups is 4. The Morgan fingerprint density at radius 2 is 0.635 bits per heavy atom. The summed E-state index contributed by atoms with van der Waals surface area (Å²) >= 11 is 0. The van der Waals surface area contributed by atoms with Crippen LogP contribution < -0.4 is 29.8 Å². The van der Waals surface area contributed by atoms with Crippen molar-refractivity contribution in [1.82, 2.24) is 64.3 Å². The van der Waals surface area contributed by atoms with E-state index < -0.39 is 0 Å². The molecule has 0 amide bonds. The maximum Gasteiger partial charge on any atom is 0.155 e. The largest absolute Gasteiger partial charge is 0.359 e. The van der Waals surface area contributed by atoms with Crippen molar-refractivity contribution in [2.45, 2.75) is 259 Å². The Bertz CT molecular complexity index is 3110. The van der Waals surface area contributed by atoms with Gasteiger partial charge < -0.3 is 39.2 Å². The Labute approximate surface area is 632 Å². The minimum absolute atomic E-state index is 0.257. The lowest BCUT2D eigenvalue weighted by molar-refractivity contribution is 0.381. The molecule has 580 valence electrons. The van der Waals surface area contributed by atoms with Crippen molar-refractivity contribution in [3.8, 4) is 0 Å². The van der Waals surface area contributed by atoms with E-state index in [0.29, 0.717) is 18.5 Å². The second kappa shape index (κ2) is 51.7. The Balaban J connectivity index is 0. The molecule has 0 radical (unpaired) electrons. The minimum atomic E-state index is 0.257. The molecule has 0 N–H and O–H groups in total. The van der Waals surface area contributed by atoms with Crippen molar-refractivity contribution in [2.75, 3.05) is 72.1 Å². The monoisotopic (exact) mass is 1440 g/mol. The fraction of sp³-hybridized carbons (Fsp3) is 0.543. The maximum atomic E-state index is 4.56. The van der Waals surface area contributed by atoms with Gasteiger partial charge in [0, 0.05) is 116 Å². The van der Waals surface area contributed by atoms with Gasteiger partial charge in [0.25, 0.3) is 0 Å². The van der Waals surface area contributed by atoms with Crippen LogP contribution in [0.25, 0.3) is 0 Å². The first-order chi connectivity index (χ1) is 49.8. The lowest BCUT2D eigenvalue weighted by atomic mass is 10.2. The first-order valence-corrected chi connectivity index (χ1v) is 37.8. The normalized spacial score (nSPS) is 18.0. The maximum absolute atomic E-state index is 4.56. The molecule has 0 saturated heterocycles. The molecule has 6 aliphatic rings. The van der Waals surface area contributed by atoms with Gasteiger partial charge in [-0.25, -0.2) is 35.0 Å². The lowest BCUT2D eigenvalue weighted by Gasteiger charge is -2.26. The second-order valence-corrected chi connectivity index (χ2v) is 22.7. The van der Waals surface area contributed by atoms with Crippen LogP contribution in [-0.2, 0) is 0 Å². The molecule has 1 aromatic carbocycles. The Morgan fingerprint density at radius 3 is 1.01 bits per heavy atom. The fourth-order valence-corrected chi connectivity index (χ4v) is 10.0. The highest BCUT2D eigenvalue weighted by Crippen LogP contribution is 2.31. The molecule has 104 heavy (non-hydrogen) atoms. The number of hydrogen-bond acceptors (Lipinski definition) is 23. The van der Waals surface area contributed by atoms with Gasteiger partial charge in [0.05, 0.1) is 40.3 Å². The predicted octanol–water partition coefficient (Wildman–Crippen LogP) is 18.8. The third-order valence-corrected chi connectivity index (χ3v) is 16.9. The number of anilines is 6. The summed E-state index contributed by atoms with van der Waals surface area (Å²) in [5, 5.41) is 26.3. The van der Waals surface area contributed by atoms with E-state index in [9.17, 15) is 0 Å². The summed E-state index contributed by atoms with van der Waals surface area (Å²) < 4.78 is 0. The summed E-state index contributed by atoms with van der Waals surface area (Å²) in [6.45, 7) is 65.2. The van der Waals surface area contributed by atoms with Crippen LogP contribution in [0.15, 0.2) is 150 Å². The molecule has 0 aliphatic carbocycles. The number of pyridine rings is 3. The molecule has 23 nitrogen and oxygen atoms in total. The molecule has 6 unspecified atom stereocenters. The molecule has 12 rings (SSSR count). The number of aromatic nitrogens is 7. The molecule has 0 spiro atoms. The molecular formula is C81H141N23. The number of aryl methyl sites for hydroxylation is 6. The van der Waals surface area contributed by atoms with E-state index >= 15 is 0 Å². The zero-order valence-electron chi connectivity index (χ0n) is 71.9. The third kappa shape index (κ3) is 26.7. The highest BCUT2D eigenvalue weighted by Gasteiger charge is 2.31. The first-order valence-electron chi connectivity index (χ1n) is 37.8. The summed E-state index contributed by atoms with van der Waals surface area (Å²) in [6, 6.07) is 16.3. The van der Waals surface area contributed by atoms with Gasteiger partial charge in [-0.3, -0.25) is 19.9 Å². The van der Waals surface area contributed by atoms with Crippen LogP contribution in [-0.4, -0.2) is 167 Å². The fourth-order valence-electron chi connectivity index (χ4n) is 10.0. The van der Waals surface area contributed by atoms with Gasteiger partial charge >= 0.3 is 0 Å². The van der Waals surface area contributed by atoms with Crippen molar-refractivity contribution >= 4 is 57.7 Å². The summed E-state index contributed by atoms with van der Waals surface area (Å²) in [6.07, 6.45) is 25.9. The molecule has 11 heterocycles. The van der Waals surface area contributed by atoms with E-state index in [-0.39, 0.29) is 18.5 Å². The zero-order chi connectivity index (χ0) is 80.3. The van der Waals surface area contributed by atoms with Gasteiger partial charge in [0.2, 0.25) is 0 Å². The van der Waals surface area contributed by atoms with Gasteiger partial charge in [-0.1, -0.05) is 129 Å². The smallest absolute Gasteiger partial charge is 0.155 e. The quantitative estimate of drug-likeness (QED) is 0.154. The van der Waals surface area contributed by atoms with E-state index in [1.165, 1.54) is 16.8 Å². The predicted molar refractivity (Wildman–Crippen MR) is 451 cm³/mol. The lowest BCUT2D eigenvalue weighted by Crippen LogP contribution is -2.36. The summed E-state index contributed by atoms with van der Waals surface area (Å²) in [4.78, 5) is 46.5. The number of hydrogen-bond donors (Lipinski definition) is 0. The average molecular weight is 1440 g/mol. The zero-order valence-corrected chi connectivity index (χ0v) is 71.9. The van der Waals surface area contributed by atoms with Crippen LogP contribution in [0, 0.1) is 41.5 Å². The van der Waals surface area contributed by atoms with Crippen molar-refractivity contribution in [3.05, 3.63) is 163 Å². The molecule has 0 saturated carbocycles. The van der Waals surface area contributed by atoms with Gasteiger partial charge in [0.1, 0.15) is 72.5 Å². The van der Waals surface area contributed by atoms with Gasteiger partial charge in [0.15, 0.2) is 5.82 Å². The second-order valence-electron chi connectivity index (χ2n) is 22.7. The molecule has 23 heteroatoms. The van der Waals surface area contributed by atoms with Crippen molar-refractivity contribution in [1.29, 1.82) is 0 Å². The van der Waals surface area contributed by atoms with E-state index in [1.807, 2.05) is 243 Å². The molecular weight excluding hydrogens is 1300 g/mol. The third-order valence-electron chi connectivity index (χ3n) is 16.9. The van der Waals surface area contributed by atoms with E-state index in [2.05, 4.69) is 227 Å². The summed E-state index contributed by atoms with van der Waals surface area (Å²) in [5.41, 5.74) is 11.1. The number of para-hydroxylation sites is 1. The highest BCUT2D eigenvalue weighted by molar-refractivity contribution is 5.85. The molecule has 0 bridgehead atoms. The Hall–Kier alpha value is -9.41. The van der Waals surface area contributed by atoms with Crippen molar-refractivity contribution in [2.24, 2.45) is 20.4 Å². The molecule has 6 aromatic rings. The minimum Gasteiger partial charge on any atom is -0.359 e. The van der Waals surface area contributed by atoms with Crippen LogP contribution >= 0.6 is 0 Å². The Morgan fingerprint density at radius 1 is 0.279 bits per heavy atom. The van der Waals surface area contributed by atoms with Gasteiger partial charge in [-0.2, -0.15) is 20.4 Å². The summed E-state index contributed by atoms with van der Waals surface area (Å²) in [5.74, 6) is 6.08. The number of rotatable bonds is 6. The van der Waals surface area contributed by atoms with Crippen LogP contribution in [0.4, 0.5) is 34.4 Å². The number of nitrogens with zero attached hydrogens (tertiary/aromatic N) is 23. The van der Waals surface area contributed by atoms with E-state index in [1.54, 1.807) is 37.3 Å². The summed E-state index contributed by atoms with van der Waals surface area (Å²) in [7, 11) is 12.3. The number of hydrazone groups is 4. The van der Waals surface area contributed by atoms with Crippen LogP contribution in [0.5, 0.6) is 0 Å². The van der Waals surface area contributed by atoms with E-state index in [0.717, 1.165) is 74.6 Å². The average Bonchev–Trinajstić information content (AvgIpc) is 1.70. The number of benzene rings is 1. The van der Waals surface area contributed by atoms with Crippen molar-refractivity contribution in [3.63, 3.8) is 0 Å². The molecule has 5 aromatic heterocycles. The standard InChI is InChI=1S/C12H17N3.3C11H16N4.2C10H14N4.8C2H6/c1-9-7-5-6-8-12(9)15-11(3)14(4)10(2)13-15;1-8-7-12-6-5-11(8)15-10(3)14(4)9(2)13-15;1-8-5-6-12-7-11(8)15-10(3)14(4)9(2)13-15;1-8-11(6-5-7-12-8)15-10(3)14(4)9(2)13-15;1-8-6-11-7-12-10(8)14-5-4-13(3)9(14)2;1-8-10(12-5-4-11-8)14-7-6-13(3)9(14)2;8*1-2/h5-8,11H,1-4H3;3*5-7,10H,1-4H3;2*4-7,9H,1-3H3;8*1-2H3. The molecule has 6 aliphatic heterocycles.